The Morgan fingerprint density at radius 1 is 0.576 bits per heavy atom. The van der Waals surface area contributed by atoms with Gasteiger partial charge in [0, 0.05) is 7.11 Å². The van der Waals surface area contributed by atoms with Crippen molar-refractivity contribution >= 4 is 12.4 Å². The lowest BCUT2D eigenvalue weighted by Crippen LogP contribution is -2.48. The number of nitrogens with one attached hydrogen (secondary N) is 1. The Balaban J connectivity index is 0.0000102. The van der Waals surface area contributed by atoms with Crippen LogP contribution in [-0.4, -0.2) is 118 Å². The van der Waals surface area contributed by atoms with Crippen LogP contribution < -0.4 is 5.32 Å². The van der Waals surface area contributed by atoms with Crippen LogP contribution in [0.5, 0.6) is 0 Å². The molecule has 33 heavy (non-hydrogen) atoms. The second-order valence-electron chi connectivity index (χ2n) is 7.98. The zero-order valence-corrected chi connectivity index (χ0v) is 21.8. The van der Waals surface area contributed by atoms with Gasteiger partial charge in [-0.15, -0.1) is 12.4 Å². The molecular formula is C23H48ClNO8. The van der Waals surface area contributed by atoms with Crippen molar-refractivity contribution in [3.05, 3.63) is 0 Å². The Hall–Kier alpha value is -0.0700. The van der Waals surface area contributed by atoms with E-state index in [1.165, 1.54) is 0 Å². The van der Waals surface area contributed by atoms with Crippen LogP contribution in [0, 0.1) is 5.92 Å². The van der Waals surface area contributed by atoms with E-state index in [-0.39, 0.29) is 18.0 Å². The van der Waals surface area contributed by atoms with Gasteiger partial charge in [0.2, 0.25) is 0 Å². The van der Waals surface area contributed by atoms with Crippen molar-refractivity contribution in [1.29, 1.82) is 0 Å². The van der Waals surface area contributed by atoms with E-state index in [2.05, 4.69) is 19.2 Å². The summed E-state index contributed by atoms with van der Waals surface area (Å²) in [5.41, 5.74) is -0.00176. The molecule has 0 aliphatic carbocycles. The summed E-state index contributed by atoms with van der Waals surface area (Å²) < 4.78 is 43.8. The minimum absolute atomic E-state index is 0. The molecule has 1 aliphatic heterocycles. The lowest BCUT2D eigenvalue weighted by Gasteiger charge is -2.41. The molecule has 0 amide bonds. The number of ether oxygens (including phenoxy) is 8. The van der Waals surface area contributed by atoms with Gasteiger partial charge in [-0.1, -0.05) is 13.8 Å². The first-order valence-electron chi connectivity index (χ1n) is 12.0. The van der Waals surface area contributed by atoms with E-state index in [0.717, 1.165) is 25.9 Å². The van der Waals surface area contributed by atoms with Gasteiger partial charge in [-0.2, -0.15) is 0 Å². The first-order chi connectivity index (χ1) is 15.7. The normalized spacial score (nSPS) is 15.6. The second-order valence-corrected chi connectivity index (χ2v) is 7.98. The molecular weight excluding hydrogens is 454 g/mol. The van der Waals surface area contributed by atoms with Crippen molar-refractivity contribution in [3.8, 4) is 0 Å². The second kappa shape index (κ2) is 23.7. The third-order valence-electron chi connectivity index (χ3n) is 5.41. The zero-order chi connectivity index (χ0) is 23.2. The monoisotopic (exact) mass is 501 g/mol. The molecule has 9 nitrogen and oxygen atoms in total. The van der Waals surface area contributed by atoms with Gasteiger partial charge in [-0.25, -0.2) is 0 Å². The minimum atomic E-state index is -0.00176. The molecule has 0 aromatic heterocycles. The number of hydrogen-bond acceptors (Lipinski definition) is 9. The van der Waals surface area contributed by atoms with E-state index >= 15 is 0 Å². The van der Waals surface area contributed by atoms with Crippen molar-refractivity contribution < 1.29 is 37.9 Å². The van der Waals surface area contributed by atoms with Crippen LogP contribution in [0.3, 0.4) is 0 Å². The van der Waals surface area contributed by atoms with Crippen LogP contribution in [0.4, 0.5) is 0 Å². The molecule has 1 saturated heterocycles. The van der Waals surface area contributed by atoms with Crippen LogP contribution in [0.2, 0.25) is 0 Å². The highest BCUT2D eigenvalue weighted by molar-refractivity contribution is 5.85. The van der Waals surface area contributed by atoms with Gasteiger partial charge in [0.25, 0.3) is 0 Å². The molecule has 0 aromatic carbocycles. The molecule has 0 spiro atoms. The molecule has 1 rings (SSSR count). The van der Waals surface area contributed by atoms with Crippen LogP contribution in [-0.2, 0) is 37.9 Å². The van der Waals surface area contributed by atoms with E-state index in [1.54, 1.807) is 7.11 Å². The molecule has 0 bridgehead atoms. The van der Waals surface area contributed by atoms with Gasteiger partial charge in [-0.3, -0.25) is 0 Å². The Labute approximate surface area is 206 Å². The molecule has 0 unspecified atom stereocenters. The Morgan fingerprint density at radius 2 is 0.909 bits per heavy atom. The third kappa shape index (κ3) is 17.9. The predicted octanol–water partition coefficient (Wildman–Crippen LogP) is 1.95. The lowest BCUT2D eigenvalue weighted by molar-refractivity contribution is -0.113. The van der Waals surface area contributed by atoms with Crippen LogP contribution in [0.1, 0.15) is 26.7 Å². The summed E-state index contributed by atoms with van der Waals surface area (Å²) in [5.74, 6) is 0.517. The number of rotatable bonds is 23. The predicted molar refractivity (Wildman–Crippen MR) is 130 cm³/mol. The maximum Gasteiger partial charge on any atom is 0.0730 e. The topological polar surface area (TPSA) is 85.9 Å². The van der Waals surface area contributed by atoms with Gasteiger partial charge in [0.15, 0.2) is 0 Å². The maximum absolute atomic E-state index is 6.21. The molecule has 0 aromatic rings. The van der Waals surface area contributed by atoms with E-state index in [9.17, 15) is 0 Å². The van der Waals surface area contributed by atoms with E-state index in [0.29, 0.717) is 98.4 Å². The van der Waals surface area contributed by atoms with Gasteiger partial charge in [0.05, 0.1) is 98.1 Å². The van der Waals surface area contributed by atoms with Gasteiger partial charge in [-0.05, 0) is 31.8 Å². The molecule has 1 N–H and O–H groups in total. The molecule has 0 radical (unpaired) electrons. The average molecular weight is 502 g/mol. The highest BCUT2D eigenvalue weighted by Crippen LogP contribution is 2.31. The smallest absolute Gasteiger partial charge is 0.0730 e. The van der Waals surface area contributed by atoms with Crippen molar-refractivity contribution in [2.75, 3.05) is 113 Å². The highest BCUT2D eigenvalue weighted by Gasteiger charge is 2.35. The number of piperidine rings is 1. The fourth-order valence-corrected chi connectivity index (χ4v) is 3.39. The Bertz CT molecular complexity index is 401. The highest BCUT2D eigenvalue weighted by atomic mass is 35.5. The van der Waals surface area contributed by atoms with Crippen molar-refractivity contribution in [2.24, 2.45) is 5.92 Å². The molecule has 200 valence electrons. The average Bonchev–Trinajstić information content (AvgIpc) is 2.80. The van der Waals surface area contributed by atoms with E-state index < -0.39 is 0 Å². The lowest BCUT2D eigenvalue weighted by atomic mass is 9.82. The summed E-state index contributed by atoms with van der Waals surface area (Å²) in [6.45, 7) is 14.5. The zero-order valence-electron chi connectivity index (χ0n) is 21.0. The third-order valence-corrected chi connectivity index (χ3v) is 5.41. The van der Waals surface area contributed by atoms with Crippen molar-refractivity contribution in [2.45, 2.75) is 32.3 Å². The largest absolute Gasteiger partial charge is 0.382 e. The molecule has 0 saturated carbocycles. The fraction of sp³-hybridized carbons (Fsp3) is 1.00. The van der Waals surface area contributed by atoms with E-state index in [1.807, 2.05) is 0 Å². The van der Waals surface area contributed by atoms with Crippen molar-refractivity contribution in [3.63, 3.8) is 0 Å². The van der Waals surface area contributed by atoms with E-state index in [4.69, 9.17) is 37.9 Å². The minimum Gasteiger partial charge on any atom is -0.382 e. The molecule has 1 aliphatic rings. The molecule has 0 atom stereocenters. The summed E-state index contributed by atoms with van der Waals surface area (Å²) in [6.07, 6.45) is 2.13. The van der Waals surface area contributed by atoms with Crippen molar-refractivity contribution in [1.82, 2.24) is 5.32 Å². The molecule has 10 heteroatoms. The summed E-state index contributed by atoms with van der Waals surface area (Å²) in [7, 11) is 1.65. The Morgan fingerprint density at radius 3 is 1.24 bits per heavy atom. The van der Waals surface area contributed by atoms with Crippen LogP contribution in [0.25, 0.3) is 0 Å². The van der Waals surface area contributed by atoms with Gasteiger partial charge in [0.1, 0.15) is 0 Å². The van der Waals surface area contributed by atoms with Crippen LogP contribution in [0.15, 0.2) is 0 Å². The number of halogens is 1. The SMILES string of the molecule is COCCOCCOCCOCCOCCOCCOCCOC1(C(C)C)CCNCC1.Cl. The van der Waals surface area contributed by atoms with Gasteiger partial charge < -0.3 is 43.2 Å². The summed E-state index contributed by atoms with van der Waals surface area (Å²) in [6, 6.07) is 0. The standard InChI is InChI=1S/C23H47NO8.ClH/c1-22(2)23(4-6-24-7-5-23)32-21-20-31-19-18-30-17-16-29-15-14-28-13-12-27-11-10-26-9-8-25-3;/h22,24H,4-21H2,1-3H3;1H. The number of methoxy groups -OCH3 is 1. The first kappa shape index (κ1) is 32.9. The molecule has 1 heterocycles. The Kier molecular flexibility index (Phi) is 23.6. The molecule has 1 fully saturated rings. The number of hydrogen-bond donors (Lipinski definition) is 1. The van der Waals surface area contributed by atoms with Gasteiger partial charge >= 0.3 is 0 Å². The summed E-state index contributed by atoms with van der Waals surface area (Å²) in [4.78, 5) is 0. The maximum atomic E-state index is 6.21. The summed E-state index contributed by atoms with van der Waals surface area (Å²) >= 11 is 0. The fourth-order valence-electron chi connectivity index (χ4n) is 3.39. The summed E-state index contributed by atoms with van der Waals surface area (Å²) in [5, 5.41) is 3.40. The van der Waals surface area contributed by atoms with Crippen LogP contribution >= 0.6 is 12.4 Å². The quantitative estimate of drug-likeness (QED) is 0.211. The first-order valence-corrected chi connectivity index (χ1v) is 12.0.